The highest BCUT2D eigenvalue weighted by atomic mass is 16.5. The van der Waals surface area contributed by atoms with Gasteiger partial charge in [-0.05, 0) is 17.7 Å². The number of hydrogen-bond donors (Lipinski definition) is 0. The number of ether oxygens (including phenoxy) is 1. The zero-order valence-corrected chi connectivity index (χ0v) is 10.1. The van der Waals surface area contributed by atoms with Crippen molar-refractivity contribution in [2.45, 2.75) is 6.61 Å². The van der Waals surface area contributed by atoms with Crippen LogP contribution in [0.4, 0.5) is 0 Å². The Morgan fingerprint density at radius 2 is 1.94 bits per heavy atom. The second kappa shape index (κ2) is 4.58. The first kappa shape index (κ1) is 10.9. The number of methoxy groups -OCH3 is 1. The third-order valence-corrected chi connectivity index (χ3v) is 2.76. The molecule has 0 bridgehead atoms. The van der Waals surface area contributed by atoms with Gasteiger partial charge >= 0.3 is 0 Å². The third kappa shape index (κ3) is 1.87. The number of fused-ring (bicyclic) bond motifs is 1. The van der Waals surface area contributed by atoms with Gasteiger partial charge in [0.25, 0.3) is 0 Å². The van der Waals surface area contributed by atoms with Crippen molar-refractivity contribution in [3.05, 3.63) is 54.5 Å². The van der Waals surface area contributed by atoms with E-state index in [1.807, 2.05) is 30.5 Å². The lowest BCUT2D eigenvalue weighted by Crippen LogP contribution is -1.91. The van der Waals surface area contributed by atoms with E-state index in [0.717, 1.165) is 16.8 Å². The molecular weight excluding hydrogens is 226 g/mol. The van der Waals surface area contributed by atoms with Crippen molar-refractivity contribution < 1.29 is 4.74 Å². The van der Waals surface area contributed by atoms with E-state index in [4.69, 9.17) is 4.74 Å². The molecule has 2 heterocycles. The molecular formula is C14H13N3O. The summed E-state index contributed by atoms with van der Waals surface area (Å²) in [5.74, 6) is 0.695. The van der Waals surface area contributed by atoms with Crippen LogP contribution in [0.15, 0.2) is 48.7 Å². The molecule has 0 aliphatic carbocycles. The van der Waals surface area contributed by atoms with Crippen molar-refractivity contribution in [1.29, 1.82) is 0 Å². The summed E-state index contributed by atoms with van der Waals surface area (Å²) in [5.41, 5.74) is 3.07. The summed E-state index contributed by atoms with van der Waals surface area (Å²) in [6.45, 7) is 0.426. The summed E-state index contributed by atoms with van der Waals surface area (Å²) in [5, 5.41) is 4.37. The fourth-order valence-electron chi connectivity index (χ4n) is 1.98. The van der Waals surface area contributed by atoms with E-state index in [2.05, 4.69) is 28.3 Å². The molecule has 2 aromatic heterocycles. The predicted octanol–water partition coefficient (Wildman–Crippen LogP) is 2.54. The summed E-state index contributed by atoms with van der Waals surface area (Å²) in [4.78, 5) is 4.51. The summed E-state index contributed by atoms with van der Waals surface area (Å²) in [6.07, 6.45) is 1.90. The minimum Gasteiger partial charge on any atom is -0.377 e. The zero-order valence-electron chi connectivity index (χ0n) is 10.1. The molecule has 0 radical (unpaired) electrons. The van der Waals surface area contributed by atoms with Crippen LogP contribution in [-0.2, 0) is 11.3 Å². The average molecular weight is 239 g/mol. The van der Waals surface area contributed by atoms with Gasteiger partial charge in [-0.25, -0.2) is 9.50 Å². The molecule has 0 amide bonds. The maximum absolute atomic E-state index is 5.06. The molecule has 0 spiro atoms. The van der Waals surface area contributed by atoms with Crippen LogP contribution in [0.5, 0.6) is 0 Å². The van der Waals surface area contributed by atoms with Crippen LogP contribution in [0.3, 0.4) is 0 Å². The Balaban J connectivity index is 2.17. The summed E-state index contributed by atoms with van der Waals surface area (Å²) in [7, 11) is 1.64. The molecule has 4 heteroatoms. The van der Waals surface area contributed by atoms with Crippen LogP contribution in [0.1, 0.15) is 5.82 Å². The van der Waals surface area contributed by atoms with Crippen molar-refractivity contribution in [1.82, 2.24) is 14.6 Å². The SMILES string of the molecule is COCc1nc2c(-c3ccccc3)cccn2n1. The molecule has 0 atom stereocenters. The molecule has 90 valence electrons. The average Bonchev–Trinajstić information content (AvgIpc) is 2.82. The lowest BCUT2D eigenvalue weighted by molar-refractivity contribution is 0.178. The van der Waals surface area contributed by atoms with Gasteiger partial charge in [0.05, 0.1) is 0 Å². The molecule has 0 saturated carbocycles. The Labute approximate surface area is 105 Å². The van der Waals surface area contributed by atoms with Gasteiger partial charge in [0.1, 0.15) is 6.61 Å². The van der Waals surface area contributed by atoms with E-state index in [-0.39, 0.29) is 0 Å². The normalized spacial score (nSPS) is 10.9. The van der Waals surface area contributed by atoms with Crippen molar-refractivity contribution in [2.24, 2.45) is 0 Å². The highest BCUT2D eigenvalue weighted by Gasteiger charge is 2.08. The topological polar surface area (TPSA) is 39.4 Å². The van der Waals surface area contributed by atoms with Crippen molar-refractivity contribution >= 4 is 5.65 Å². The van der Waals surface area contributed by atoms with Gasteiger partial charge in [-0.2, -0.15) is 0 Å². The van der Waals surface area contributed by atoms with E-state index < -0.39 is 0 Å². The Morgan fingerprint density at radius 1 is 1.11 bits per heavy atom. The number of benzene rings is 1. The Hall–Kier alpha value is -2.20. The largest absolute Gasteiger partial charge is 0.377 e. The van der Waals surface area contributed by atoms with Crippen molar-refractivity contribution in [2.75, 3.05) is 7.11 Å². The second-order valence-corrected chi connectivity index (χ2v) is 4.02. The molecule has 0 unspecified atom stereocenters. The van der Waals surface area contributed by atoms with Gasteiger partial charge in [0, 0.05) is 18.9 Å². The van der Waals surface area contributed by atoms with Gasteiger partial charge < -0.3 is 4.74 Å². The number of nitrogens with zero attached hydrogens (tertiary/aromatic N) is 3. The van der Waals surface area contributed by atoms with Gasteiger partial charge in [0.2, 0.25) is 0 Å². The molecule has 0 N–H and O–H groups in total. The van der Waals surface area contributed by atoms with Crippen LogP contribution in [0.2, 0.25) is 0 Å². The number of pyridine rings is 1. The van der Waals surface area contributed by atoms with Crippen molar-refractivity contribution in [3.63, 3.8) is 0 Å². The summed E-state index contributed by atoms with van der Waals surface area (Å²) < 4.78 is 6.85. The fourth-order valence-corrected chi connectivity index (χ4v) is 1.98. The first-order valence-electron chi connectivity index (χ1n) is 5.77. The molecule has 3 aromatic rings. The number of hydrogen-bond acceptors (Lipinski definition) is 3. The van der Waals surface area contributed by atoms with Gasteiger partial charge in [-0.1, -0.05) is 30.3 Å². The van der Waals surface area contributed by atoms with Crippen LogP contribution < -0.4 is 0 Å². The van der Waals surface area contributed by atoms with Crippen molar-refractivity contribution in [3.8, 4) is 11.1 Å². The van der Waals surface area contributed by atoms with Gasteiger partial charge in [0.15, 0.2) is 11.5 Å². The first-order chi connectivity index (χ1) is 8.88. The molecule has 18 heavy (non-hydrogen) atoms. The fraction of sp³-hybridized carbons (Fsp3) is 0.143. The zero-order chi connectivity index (χ0) is 12.4. The Kier molecular flexibility index (Phi) is 2.78. The quantitative estimate of drug-likeness (QED) is 0.705. The molecule has 1 aromatic carbocycles. The number of rotatable bonds is 3. The van der Waals surface area contributed by atoms with Gasteiger partial charge in [-0.15, -0.1) is 5.10 Å². The summed E-state index contributed by atoms with van der Waals surface area (Å²) in [6, 6.07) is 14.2. The highest BCUT2D eigenvalue weighted by molar-refractivity contribution is 5.76. The summed E-state index contributed by atoms with van der Waals surface area (Å²) >= 11 is 0. The minimum absolute atomic E-state index is 0.426. The molecule has 0 aliphatic heterocycles. The molecule has 3 rings (SSSR count). The van der Waals surface area contributed by atoms with E-state index >= 15 is 0 Å². The lowest BCUT2D eigenvalue weighted by atomic mass is 10.1. The maximum atomic E-state index is 5.06. The third-order valence-electron chi connectivity index (χ3n) is 2.76. The van der Waals surface area contributed by atoms with Crippen LogP contribution in [-0.4, -0.2) is 21.7 Å². The molecule has 4 nitrogen and oxygen atoms in total. The van der Waals surface area contributed by atoms with E-state index in [1.54, 1.807) is 11.6 Å². The predicted molar refractivity (Wildman–Crippen MR) is 69.1 cm³/mol. The van der Waals surface area contributed by atoms with E-state index in [1.165, 1.54) is 0 Å². The molecule has 0 aliphatic rings. The highest BCUT2D eigenvalue weighted by Crippen LogP contribution is 2.22. The van der Waals surface area contributed by atoms with E-state index in [9.17, 15) is 0 Å². The standard InChI is InChI=1S/C14H13N3O/c1-18-10-13-15-14-12(8-5-9-17(14)16-13)11-6-3-2-4-7-11/h2-9H,10H2,1H3. The second-order valence-electron chi connectivity index (χ2n) is 4.02. The van der Waals surface area contributed by atoms with Crippen LogP contribution >= 0.6 is 0 Å². The smallest absolute Gasteiger partial charge is 0.177 e. The van der Waals surface area contributed by atoms with Gasteiger partial charge in [-0.3, -0.25) is 0 Å². The molecule has 0 fully saturated rings. The lowest BCUT2D eigenvalue weighted by Gasteiger charge is -2.01. The monoisotopic (exact) mass is 239 g/mol. The first-order valence-corrected chi connectivity index (χ1v) is 5.77. The molecule has 0 saturated heterocycles. The number of aromatic nitrogens is 3. The maximum Gasteiger partial charge on any atom is 0.177 e. The van der Waals surface area contributed by atoms with Crippen LogP contribution in [0.25, 0.3) is 16.8 Å². The van der Waals surface area contributed by atoms with E-state index in [0.29, 0.717) is 12.4 Å². The Bertz CT molecular complexity index is 661. The van der Waals surface area contributed by atoms with Crippen LogP contribution in [0, 0.1) is 0 Å². The minimum atomic E-state index is 0.426. The Morgan fingerprint density at radius 3 is 2.72 bits per heavy atom.